The Labute approximate surface area is 308 Å². The van der Waals surface area contributed by atoms with E-state index in [0.29, 0.717) is 22.4 Å². The monoisotopic (exact) mass is 718 g/mol. The Balaban J connectivity index is 1.28. The van der Waals surface area contributed by atoms with Crippen LogP contribution in [0.15, 0.2) is 140 Å². The number of ether oxygens (including phenoxy) is 7. The summed E-state index contributed by atoms with van der Waals surface area (Å²) in [5.41, 5.74) is 3.73. The summed E-state index contributed by atoms with van der Waals surface area (Å²) >= 11 is 0. The van der Waals surface area contributed by atoms with E-state index in [2.05, 4.69) is 0 Å². The standard InChI is InChI=1S/C43H42O10/c1-47-35-23-21-32(22-24-35)27-49-39-38(48-26-30-13-5-2-6-14-30)37(25-44)52-43(40(39)53-41(45)33-17-9-4-10-18-33)51-29-34-19-11-12-20-36(34)42(46)50-28-31-15-7-3-8-16-31/h2-24,37-40,43-44H,25-29H2,1H3/t37-,38-,39+,40+,43+/m1/s1. The highest BCUT2D eigenvalue weighted by atomic mass is 16.7. The Bertz CT molecular complexity index is 1870. The van der Waals surface area contributed by atoms with Crippen molar-refractivity contribution in [2.45, 2.75) is 57.1 Å². The van der Waals surface area contributed by atoms with Gasteiger partial charge in [0.25, 0.3) is 0 Å². The number of carbonyl (C=O) groups excluding carboxylic acids is 2. The molecule has 1 heterocycles. The van der Waals surface area contributed by atoms with Crippen LogP contribution >= 0.6 is 0 Å². The molecule has 1 aliphatic heterocycles. The van der Waals surface area contributed by atoms with Crippen LogP contribution in [0.2, 0.25) is 0 Å². The minimum Gasteiger partial charge on any atom is -0.497 e. The number of methoxy groups -OCH3 is 1. The van der Waals surface area contributed by atoms with Gasteiger partial charge in [-0.05, 0) is 52.6 Å². The summed E-state index contributed by atoms with van der Waals surface area (Å²) in [7, 11) is 1.59. The van der Waals surface area contributed by atoms with Gasteiger partial charge in [0.2, 0.25) is 0 Å². The van der Waals surface area contributed by atoms with Gasteiger partial charge in [0.05, 0.1) is 44.7 Å². The molecule has 0 bridgehead atoms. The van der Waals surface area contributed by atoms with Crippen LogP contribution in [0.1, 0.15) is 43.0 Å². The Hall–Kier alpha value is -5.36. The van der Waals surface area contributed by atoms with Gasteiger partial charge in [-0.1, -0.05) is 109 Å². The molecule has 1 N–H and O–H groups in total. The van der Waals surface area contributed by atoms with Crippen molar-refractivity contribution in [3.05, 3.63) is 173 Å². The summed E-state index contributed by atoms with van der Waals surface area (Å²) in [6.45, 7) is -0.159. The molecule has 1 aliphatic rings. The minimum atomic E-state index is -1.23. The average molecular weight is 719 g/mol. The molecular formula is C43H42O10. The molecule has 0 radical (unpaired) electrons. The van der Waals surface area contributed by atoms with Gasteiger partial charge in [0.1, 0.15) is 30.7 Å². The quantitative estimate of drug-likeness (QED) is 0.111. The summed E-state index contributed by atoms with van der Waals surface area (Å²) in [6, 6.07) is 41.8. The average Bonchev–Trinajstić information content (AvgIpc) is 3.22. The zero-order chi connectivity index (χ0) is 36.8. The van der Waals surface area contributed by atoms with Crippen molar-refractivity contribution in [3.63, 3.8) is 0 Å². The van der Waals surface area contributed by atoms with Crippen LogP contribution in [-0.2, 0) is 54.8 Å². The summed E-state index contributed by atoms with van der Waals surface area (Å²) in [5.74, 6) is -0.454. The van der Waals surface area contributed by atoms with E-state index in [0.717, 1.165) is 16.7 Å². The van der Waals surface area contributed by atoms with Gasteiger partial charge < -0.3 is 38.3 Å². The van der Waals surface area contributed by atoms with Gasteiger partial charge >= 0.3 is 11.9 Å². The first kappa shape index (κ1) is 37.4. The maximum absolute atomic E-state index is 13.6. The predicted molar refractivity (Wildman–Crippen MR) is 195 cm³/mol. The number of aliphatic hydroxyl groups excluding tert-OH is 1. The smallest absolute Gasteiger partial charge is 0.338 e. The Morgan fingerprint density at radius 1 is 0.585 bits per heavy atom. The van der Waals surface area contributed by atoms with E-state index in [1.54, 1.807) is 61.7 Å². The molecule has 1 saturated heterocycles. The normalized spacial score (nSPS) is 19.6. The van der Waals surface area contributed by atoms with Crippen molar-refractivity contribution in [1.82, 2.24) is 0 Å². The molecule has 53 heavy (non-hydrogen) atoms. The number of esters is 2. The molecule has 0 aromatic heterocycles. The van der Waals surface area contributed by atoms with Crippen molar-refractivity contribution in [3.8, 4) is 5.75 Å². The third-order valence-electron chi connectivity index (χ3n) is 8.76. The van der Waals surface area contributed by atoms with Crippen LogP contribution in [0.4, 0.5) is 0 Å². The fraction of sp³-hybridized carbons (Fsp3) is 0.256. The lowest BCUT2D eigenvalue weighted by molar-refractivity contribution is -0.318. The first-order chi connectivity index (χ1) is 26.0. The molecule has 5 aromatic carbocycles. The number of hydrogen-bond acceptors (Lipinski definition) is 10. The fourth-order valence-corrected chi connectivity index (χ4v) is 5.94. The summed E-state index contributed by atoms with van der Waals surface area (Å²) in [5, 5.41) is 10.6. The van der Waals surface area contributed by atoms with Crippen LogP contribution < -0.4 is 4.74 Å². The Morgan fingerprint density at radius 2 is 1.15 bits per heavy atom. The summed E-state index contributed by atoms with van der Waals surface area (Å²) in [6.07, 6.45) is -5.17. The van der Waals surface area contributed by atoms with Gasteiger partial charge in [-0.3, -0.25) is 0 Å². The molecule has 1 fully saturated rings. The lowest BCUT2D eigenvalue weighted by Gasteiger charge is -2.45. The van der Waals surface area contributed by atoms with Crippen LogP contribution in [-0.4, -0.2) is 61.5 Å². The first-order valence-corrected chi connectivity index (χ1v) is 17.4. The lowest BCUT2D eigenvalue weighted by atomic mass is 9.97. The maximum Gasteiger partial charge on any atom is 0.338 e. The highest BCUT2D eigenvalue weighted by Crippen LogP contribution is 2.32. The molecule has 5 aromatic rings. The van der Waals surface area contributed by atoms with Crippen LogP contribution in [0.3, 0.4) is 0 Å². The molecule has 6 rings (SSSR count). The topological polar surface area (TPSA) is 119 Å². The third-order valence-corrected chi connectivity index (χ3v) is 8.76. The third kappa shape index (κ3) is 10.2. The van der Waals surface area contributed by atoms with Crippen molar-refractivity contribution >= 4 is 11.9 Å². The van der Waals surface area contributed by atoms with Gasteiger partial charge in [-0.25, -0.2) is 9.59 Å². The van der Waals surface area contributed by atoms with Crippen LogP contribution in [0, 0.1) is 0 Å². The number of carbonyl (C=O) groups is 2. The van der Waals surface area contributed by atoms with Crippen LogP contribution in [0.25, 0.3) is 0 Å². The molecule has 5 atom stereocenters. The lowest BCUT2D eigenvalue weighted by Crippen LogP contribution is -2.62. The molecule has 0 amide bonds. The second-order valence-corrected chi connectivity index (χ2v) is 12.4. The van der Waals surface area contributed by atoms with E-state index < -0.39 is 49.3 Å². The van der Waals surface area contributed by atoms with Gasteiger partial charge in [0, 0.05) is 0 Å². The second kappa shape index (κ2) is 18.9. The molecule has 274 valence electrons. The van der Waals surface area contributed by atoms with E-state index in [1.807, 2.05) is 84.9 Å². The second-order valence-electron chi connectivity index (χ2n) is 12.4. The van der Waals surface area contributed by atoms with E-state index in [9.17, 15) is 14.7 Å². The maximum atomic E-state index is 13.6. The molecule has 0 aliphatic carbocycles. The van der Waals surface area contributed by atoms with E-state index in [-0.39, 0.29) is 26.4 Å². The zero-order valence-corrected chi connectivity index (χ0v) is 29.3. The van der Waals surface area contributed by atoms with Gasteiger partial charge in [-0.15, -0.1) is 0 Å². The molecular weight excluding hydrogens is 676 g/mol. The number of benzene rings is 5. The van der Waals surface area contributed by atoms with E-state index in [4.69, 9.17) is 33.2 Å². The van der Waals surface area contributed by atoms with Gasteiger partial charge in [0.15, 0.2) is 12.4 Å². The largest absolute Gasteiger partial charge is 0.497 e. The van der Waals surface area contributed by atoms with Crippen molar-refractivity contribution in [1.29, 1.82) is 0 Å². The molecule has 10 nitrogen and oxygen atoms in total. The predicted octanol–water partition coefficient (Wildman–Crippen LogP) is 6.68. The van der Waals surface area contributed by atoms with Gasteiger partial charge in [-0.2, -0.15) is 0 Å². The molecule has 0 saturated carbocycles. The number of hydrogen-bond donors (Lipinski definition) is 1. The highest BCUT2D eigenvalue weighted by Gasteiger charge is 2.50. The Morgan fingerprint density at radius 3 is 1.79 bits per heavy atom. The van der Waals surface area contributed by atoms with E-state index >= 15 is 0 Å². The summed E-state index contributed by atoms with van der Waals surface area (Å²) in [4.78, 5) is 26.9. The summed E-state index contributed by atoms with van der Waals surface area (Å²) < 4.78 is 42.8. The zero-order valence-electron chi connectivity index (χ0n) is 29.3. The molecule has 0 spiro atoms. The first-order valence-electron chi connectivity index (χ1n) is 17.4. The van der Waals surface area contributed by atoms with Crippen molar-refractivity contribution in [2.75, 3.05) is 13.7 Å². The molecule has 10 heteroatoms. The SMILES string of the molecule is COc1ccc(CO[C@@H]2[C@H](OC(=O)c3ccccc3)[C@@H](OCc3ccccc3C(=O)OCc3ccccc3)O[C@H](CO)[C@H]2OCc2ccccc2)cc1. The van der Waals surface area contributed by atoms with Crippen molar-refractivity contribution < 1.29 is 47.9 Å². The van der Waals surface area contributed by atoms with E-state index in [1.165, 1.54) is 0 Å². The molecule has 0 unspecified atom stereocenters. The number of rotatable bonds is 16. The Kier molecular flexibility index (Phi) is 13.4. The van der Waals surface area contributed by atoms with Crippen LogP contribution in [0.5, 0.6) is 5.75 Å². The number of aliphatic hydroxyl groups is 1. The highest BCUT2D eigenvalue weighted by molar-refractivity contribution is 5.91. The minimum absolute atomic E-state index is 0.105. The fourth-order valence-electron chi connectivity index (χ4n) is 5.94. The van der Waals surface area contributed by atoms with Crippen molar-refractivity contribution in [2.24, 2.45) is 0 Å².